The molecule has 0 saturated carbocycles. The Hall–Kier alpha value is -1.57. The van der Waals surface area contributed by atoms with Gasteiger partial charge in [-0.25, -0.2) is 9.13 Å². The van der Waals surface area contributed by atoms with Crippen molar-refractivity contribution in [1.29, 1.82) is 0 Å². The van der Waals surface area contributed by atoms with Crippen molar-refractivity contribution in [3.8, 4) is 11.4 Å². The number of benzene rings is 1. The lowest BCUT2D eigenvalue weighted by Gasteiger charge is -2.07. The monoisotopic (exact) mass is 622 g/mol. The molecule has 0 aliphatic rings. The summed E-state index contributed by atoms with van der Waals surface area (Å²) >= 11 is 0. The van der Waals surface area contributed by atoms with Gasteiger partial charge >= 0.3 is 0 Å². The molecule has 45 heavy (non-hydrogen) atoms. The van der Waals surface area contributed by atoms with E-state index in [9.17, 15) is 0 Å². The molecule has 1 aromatic carbocycles. The van der Waals surface area contributed by atoms with Gasteiger partial charge in [-0.3, -0.25) is 0 Å². The quantitative estimate of drug-likeness (QED) is 0.0554. The molecular weight excluding hydrogens is 544 g/mol. The summed E-state index contributed by atoms with van der Waals surface area (Å²) in [6, 6.07) is 11.1. The molecule has 2 aromatic rings. The first kappa shape index (κ1) is 39.6. The van der Waals surface area contributed by atoms with E-state index in [4.69, 9.17) is 0 Å². The second-order valence-corrected chi connectivity index (χ2v) is 14.3. The number of hydrogen-bond donors (Lipinski definition) is 0. The fourth-order valence-electron chi connectivity index (χ4n) is 7.05. The minimum absolute atomic E-state index is 1.15. The van der Waals surface area contributed by atoms with Crippen LogP contribution in [0.3, 0.4) is 0 Å². The molecule has 0 spiro atoms. The minimum atomic E-state index is 1.15. The van der Waals surface area contributed by atoms with Gasteiger partial charge < -0.3 is 0 Å². The second kappa shape index (κ2) is 29.8. The van der Waals surface area contributed by atoms with Crippen LogP contribution in [0.25, 0.3) is 11.4 Å². The van der Waals surface area contributed by atoms with Gasteiger partial charge in [-0.15, -0.1) is 0 Å². The SMILES string of the molecule is CCCCCCCCCCCCCCCCCn1cc[n+](CCCCCCCCCCCCCCCCC)c1-c1ccccc1. The summed E-state index contributed by atoms with van der Waals surface area (Å²) in [6.45, 7) is 6.91. The van der Waals surface area contributed by atoms with Crippen molar-refractivity contribution in [2.45, 2.75) is 220 Å². The van der Waals surface area contributed by atoms with Crippen LogP contribution in [0.4, 0.5) is 0 Å². The molecule has 2 heteroatoms. The Morgan fingerprint density at radius 3 is 1.18 bits per heavy atom. The van der Waals surface area contributed by atoms with Crippen LogP contribution < -0.4 is 4.57 Å². The average molecular weight is 622 g/mol. The van der Waals surface area contributed by atoms with Crippen molar-refractivity contribution in [1.82, 2.24) is 4.57 Å². The number of imidazole rings is 1. The van der Waals surface area contributed by atoms with E-state index in [2.05, 4.69) is 65.7 Å². The van der Waals surface area contributed by atoms with E-state index in [1.807, 2.05) is 0 Å². The fraction of sp³-hybridized carbons (Fsp3) is 0.791. The highest BCUT2D eigenvalue weighted by Gasteiger charge is 2.18. The van der Waals surface area contributed by atoms with E-state index in [1.54, 1.807) is 0 Å². The van der Waals surface area contributed by atoms with Gasteiger partial charge in [-0.05, 0) is 37.8 Å². The van der Waals surface area contributed by atoms with Crippen molar-refractivity contribution in [3.05, 3.63) is 42.7 Å². The lowest BCUT2D eigenvalue weighted by atomic mass is 10.0. The van der Waals surface area contributed by atoms with Crippen LogP contribution in [-0.4, -0.2) is 4.57 Å². The first-order valence-corrected chi connectivity index (χ1v) is 20.5. The van der Waals surface area contributed by atoms with Crippen LogP contribution in [0.1, 0.15) is 206 Å². The molecule has 1 heterocycles. The smallest absolute Gasteiger partial charge is 0.230 e. The first-order chi connectivity index (χ1) is 22.4. The maximum Gasteiger partial charge on any atom is 0.288 e. The largest absolute Gasteiger partial charge is 0.288 e. The third-order valence-electron chi connectivity index (χ3n) is 10.0. The topological polar surface area (TPSA) is 8.81 Å². The number of hydrogen-bond acceptors (Lipinski definition) is 0. The average Bonchev–Trinajstić information content (AvgIpc) is 3.47. The normalized spacial score (nSPS) is 11.5. The lowest BCUT2D eigenvalue weighted by molar-refractivity contribution is -0.686. The molecule has 258 valence electrons. The van der Waals surface area contributed by atoms with Crippen molar-refractivity contribution < 1.29 is 4.57 Å². The maximum atomic E-state index is 2.53. The van der Waals surface area contributed by atoms with Crippen molar-refractivity contribution >= 4 is 0 Å². The molecule has 0 aliphatic heterocycles. The summed E-state index contributed by atoms with van der Waals surface area (Å²) in [5.41, 5.74) is 1.37. The third-order valence-corrected chi connectivity index (χ3v) is 10.0. The van der Waals surface area contributed by atoms with Crippen LogP contribution in [0.15, 0.2) is 42.7 Å². The molecule has 0 atom stereocenters. The Bertz CT molecular complexity index is 818. The molecule has 0 aliphatic carbocycles. The summed E-state index contributed by atoms with van der Waals surface area (Å²) < 4.78 is 5.06. The van der Waals surface area contributed by atoms with Crippen LogP contribution in [-0.2, 0) is 13.1 Å². The lowest BCUT2D eigenvalue weighted by Crippen LogP contribution is -2.34. The molecule has 0 saturated heterocycles. The predicted molar refractivity (Wildman–Crippen MR) is 200 cm³/mol. The van der Waals surface area contributed by atoms with Crippen molar-refractivity contribution in [2.24, 2.45) is 0 Å². The van der Waals surface area contributed by atoms with E-state index in [0.29, 0.717) is 0 Å². The Balaban J connectivity index is 1.53. The molecule has 0 radical (unpaired) electrons. The zero-order valence-electron chi connectivity index (χ0n) is 30.6. The van der Waals surface area contributed by atoms with E-state index in [0.717, 1.165) is 13.1 Å². The van der Waals surface area contributed by atoms with E-state index in [1.165, 1.54) is 204 Å². The highest BCUT2D eigenvalue weighted by Crippen LogP contribution is 2.19. The summed E-state index contributed by atoms with van der Waals surface area (Å²) in [4.78, 5) is 0. The molecule has 0 unspecified atom stereocenters. The van der Waals surface area contributed by atoms with Crippen molar-refractivity contribution in [2.75, 3.05) is 0 Å². The molecule has 0 fully saturated rings. The fourth-order valence-corrected chi connectivity index (χ4v) is 7.05. The van der Waals surface area contributed by atoms with Crippen LogP contribution >= 0.6 is 0 Å². The number of unbranched alkanes of at least 4 members (excludes halogenated alkanes) is 28. The van der Waals surface area contributed by atoms with E-state index >= 15 is 0 Å². The Morgan fingerprint density at radius 2 is 0.778 bits per heavy atom. The third kappa shape index (κ3) is 21.0. The highest BCUT2D eigenvalue weighted by atomic mass is 15.1. The zero-order valence-corrected chi connectivity index (χ0v) is 30.6. The number of rotatable bonds is 33. The van der Waals surface area contributed by atoms with E-state index < -0.39 is 0 Å². The molecule has 0 amide bonds. The molecule has 0 bridgehead atoms. The van der Waals surface area contributed by atoms with Crippen LogP contribution in [0.2, 0.25) is 0 Å². The number of aryl methyl sites for hydroxylation is 2. The van der Waals surface area contributed by atoms with Gasteiger partial charge in [0.05, 0.1) is 18.7 Å². The predicted octanol–water partition coefficient (Wildman–Crippen LogP) is 14.2. The number of nitrogens with zero attached hydrogens (tertiary/aromatic N) is 2. The summed E-state index contributed by atoms with van der Waals surface area (Å²) in [5, 5.41) is 0. The highest BCUT2D eigenvalue weighted by molar-refractivity contribution is 5.52. The Labute approximate surface area is 282 Å². The van der Waals surface area contributed by atoms with Gasteiger partial charge in [-0.2, -0.15) is 0 Å². The minimum Gasteiger partial charge on any atom is -0.230 e. The second-order valence-electron chi connectivity index (χ2n) is 14.3. The summed E-state index contributed by atoms with van der Waals surface area (Å²) in [5.74, 6) is 1.41. The maximum absolute atomic E-state index is 2.53. The molecule has 0 N–H and O–H groups in total. The Kier molecular flexibility index (Phi) is 26.2. The first-order valence-electron chi connectivity index (χ1n) is 20.5. The number of aromatic nitrogens is 2. The van der Waals surface area contributed by atoms with Gasteiger partial charge in [0.1, 0.15) is 12.4 Å². The van der Waals surface area contributed by atoms with E-state index in [-0.39, 0.29) is 0 Å². The van der Waals surface area contributed by atoms with Crippen molar-refractivity contribution in [3.63, 3.8) is 0 Å². The van der Waals surface area contributed by atoms with Crippen LogP contribution in [0.5, 0.6) is 0 Å². The van der Waals surface area contributed by atoms with Gasteiger partial charge in [-0.1, -0.05) is 199 Å². The molecule has 2 nitrogen and oxygen atoms in total. The molecular formula is C43H77N2+. The van der Waals surface area contributed by atoms with Gasteiger partial charge in [0.2, 0.25) is 0 Å². The summed E-state index contributed by atoms with van der Waals surface area (Å²) in [7, 11) is 0. The van der Waals surface area contributed by atoms with Gasteiger partial charge in [0.25, 0.3) is 5.82 Å². The molecule has 1 aromatic heterocycles. The standard InChI is InChI=1S/C43H77N2/c1-3-5-7-9-11-13-15-17-19-21-23-25-27-29-34-38-44-40-41-45(43(44)42-36-32-31-33-37-42)39-35-30-28-26-24-22-20-18-16-14-12-10-8-6-4-2/h31-33,36-37,40-41H,3-30,34-35,38-39H2,1-2H3/q+1. The molecule has 2 rings (SSSR count). The van der Waals surface area contributed by atoms with Gasteiger partial charge in [0.15, 0.2) is 0 Å². The summed E-state index contributed by atoms with van der Waals surface area (Å²) in [6.07, 6.45) is 47.5. The zero-order chi connectivity index (χ0) is 31.9. The van der Waals surface area contributed by atoms with Gasteiger partial charge in [0, 0.05) is 0 Å². The Morgan fingerprint density at radius 1 is 0.422 bits per heavy atom. The van der Waals surface area contributed by atoms with Crippen LogP contribution in [0, 0.1) is 0 Å².